The fraction of sp³-hybridized carbons (Fsp3) is 0.0909. The zero-order valence-corrected chi connectivity index (χ0v) is 12.3. The van der Waals surface area contributed by atoms with E-state index in [1.165, 1.54) is 6.07 Å². The molecule has 1 aromatic carbocycles. The Morgan fingerprint density at radius 1 is 1.09 bits per heavy atom. The zero-order chi connectivity index (χ0) is 17.2. The minimum Gasteiger partial charge on any atom is -0.439 e. The molecule has 0 aliphatic carbocycles. The van der Waals surface area contributed by atoms with Crippen molar-refractivity contribution in [3.05, 3.63) is 50.7 Å². The molecule has 0 amide bonds. The molecule has 2 rings (SSSR count). The topological polar surface area (TPSA) is 155 Å². The van der Waals surface area contributed by atoms with Crippen LogP contribution in [-0.4, -0.2) is 34.5 Å². The van der Waals surface area contributed by atoms with Crippen LogP contribution in [0.5, 0.6) is 11.6 Å². The van der Waals surface area contributed by atoms with Crippen molar-refractivity contribution in [3.8, 4) is 11.6 Å². The van der Waals surface area contributed by atoms with Gasteiger partial charge < -0.3 is 4.74 Å². The first-order chi connectivity index (χ1) is 10.7. The molecule has 0 radical (unpaired) electrons. The normalized spacial score (nSPS) is 11.0. The van der Waals surface area contributed by atoms with Crippen LogP contribution in [0.3, 0.4) is 0 Å². The van der Waals surface area contributed by atoms with E-state index in [1.54, 1.807) is 0 Å². The van der Waals surface area contributed by atoms with E-state index in [4.69, 9.17) is 4.74 Å². The van der Waals surface area contributed by atoms with E-state index in [1.807, 2.05) is 0 Å². The molecule has 0 aliphatic rings. The average Bonchev–Trinajstić information content (AvgIpc) is 2.46. The van der Waals surface area contributed by atoms with Crippen molar-refractivity contribution in [2.45, 2.75) is 5.16 Å². The van der Waals surface area contributed by atoms with Gasteiger partial charge in [0.1, 0.15) is 5.75 Å². The summed E-state index contributed by atoms with van der Waals surface area (Å²) in [7, 11) is -3.66. The van der Waals surface area contributed by atoms with Gasteiger partial charge in [0.05, 0.1) is 15.9 Å². The Hall–Kier alpha value is -3.15. The third-order valence-corrected chi connectivity index (χ3v) is 3.36. The Morgan fingerprint density at radius 2 is 1.74 bits per heavy atom. The van der Waals surface area contributed by atoms with Gasteiger partial charge in [-0.25, -0.2) is 13.4 Å². The maximum Gasteiger partial charge on any atom is 0.349 e. The molecule has 0 bridgehead atoms. The van der Waals surface area contributed by atoms with E-state index in [0.717, 1.165) is 30.7 Å². The summed E-state index contributed by atoms with van der Waals surface area (Å²) in [6.07, 6.45) is 2.04. The highest BCUT2D eigenvalue weighted by molar-refractivity contribution is 7.90. The van der Waals surface area contributed by atoms with E-state index >= 15 is 0 Å². The molecular weight excluding hydrogens is 332 g/mol. The lowest BCUT2D eigenvalue weighted by atomic mass is 10.2. The third-order valence-electron chi connectivity index (χ3n) is 2.50. The van der Waals surface area contributed by atoms with Crippen molar-refractivity contribution in [2.75, 3.05) is 6.26 Å². The first-order valence-corrected chi connectivity index (χ1v) is 7.71. The lowest BCUT2D eigenvalue weighted by molar-refractivity contribution is -0.422. The monoisotopic (exact) mass is 340 g/mol. The van der Waals surface area contributed by atoms with E-state index in [2.05, 4.69) is 9.97 Å². The standard InChI is InChI=1S/C11H8N4O7S/c1-23(20,21)11-12-5-4-10(13-11)22-7-2-3-8(14(16)17)9(6-7)15(18)19/h2-6H,1H3. The summed E-state index contributed by atoms with van der Waals surface area (Å²) in [6, 6.07) is 4.13. The minimum absolute atomic E-state index is 0.111. The van der Waals surface area contributed by atoms with Gasteiger partial charge in [-0.1, -0.05) is 0 Å². The van der Waals surface area contributed by atoms with Crippen molar-refractivity contribution in [2.24, 2.45) is 0 Å². The maximum atomic E-state index is 11.4. The number of ether oxygens (including phenoxy) is 1. The van der Waals surface area contributed by atoms with Gasteiger partial charge in [-0.15, -0.1) is 0 Å². The molecule has 1 aromatic heterocycles. The van der Waals surface area contributed by atoms with Gasteiger partial charge in [0.25, 0.3) is 0 Å². The summed E-state index contributed by atoms with van der Waals surface area (Å²) in [5.74, 6) is -0.288. The molecule has 0 atom stereocenters. The highest BCUT2D eigenvalue weighted by atomic mass is 32.2. The number of nitro groups is 2. The number of nitrogens with zero attached hydrogens (tertiary/aromatic N) is 4. The Morgan fingerprint density at radius 3 is 2.30 bits per heavy atom. The number of benzene rings is 1. The summed E-state index contributed by atoms with van der Waals surface area (Å²) in [5.41, 5.74) is -1.45. The number of aromatic nitrogens is 2. The predicted molar refractivity (Wildman–Crippen MR) is 75.0 cm³/mol. The molecule has 0 unspecified atom stereocenters. The van der Waals surface area contributed by atoms with Gasteiger partial charge in [-0.2, -0.15) is 4.98 Å². The molecule has 11 nitrogen and oxygen atoms in total. The van der Waals surface area contributed by atoms with Gasteiger partial charge in [0.2, 0.25) is 20.9 Å². The Kier molecular flexibility index (Phi) is 4.18. The van der Waals surface area contributed by atoms with E-state index in [0.29, 0.717) is 0 Å². The van der Waals surface area contributed by atoms with E-state index in [-0.39, 0.29) is 11.6 Å². The molecule has 23 heavy (non-hydrogen) atoms. The van der Waals surface area contributed by atoms with Crippen LogP contribution in [0.15, 0.2) is 35.6 Å². The molecule has 2 aromatic rings. The summed E-state index contributed by atoms with van der Waals surface area (Å²) in [6.45, 7) is 0. The van der Waals surface area contributed by atoms with Crippen molar-refractivity contribution in [1.82, 2.24) is 9.97 Å². The van der Waals surface area contributed by atoms with Crippen LogP contribution >= 0.6 is 0 Å². The summed E-state index contributed by atoms with van der Waals surface area (Å²) in [4.78, 5) is 27.0. The number of hydrogen-bond donors (Lipinski definition) is 0. The van der Waals surface area contributed by atoms with Gasteiger partial charge in [-0.3, -0.25) is 20.2 Å². The molecule has 0 saturated heterocycles. The van der Waals surface area contributed by atoms with Crippen LogP contribution in [0, 0.1) is 20.2 Å². The Balaban J connectivity index is 2.40. The fourth-order valence-electron chi connectivity index (χ4n) is 1.55. The summed E-state index contributed by atoms with van der Waals surface area (Å²) in [5, 5.41) is 21.1. The molecule has 0 fully saturated rings. The first kappa shape index (κ1) is 16.2. The van der Waals surface area contributed by atoms with Crippen LogP contribution in [0.4, 0.5) is 11.4 Å². The lowest BCUT2D eigenvalue weighted by Gasteiger charge is -2.05. The molecule has 0 N–H and O–H groups in total. The third kappa shape index (κ3) is 3.74. The summed E-state index contributed by atoms with van der Waals surface area (Å²) < 4.78 is 27.9. The molecule has 0 spiro atoms. The van der Waals surface area contributed by atoms with Crippen molar-refractivity contribution in [1.29, 1.82) is 0 Å². The van der Waals surface area contributed by atoms with Crippen LogP contribution in [0.1, 0.15) is 0 Å². The smallest absolute Gasteiger partial charge is 0.349 e. The van der Waals surface area contributed by atoms with Gasteiger partial charge >= 0.3 is 11.4 Å². The molecule has 12 heteroatoms. The Labute approximate surface area is 128 Å². The van der Waals surface area contributed by atoms with Crippen LogP contribution in [0.25, 0.3) is 0 Å². The second-order valence-corrected chi connectivity index (χ2v) is 6.13. The van der Waals surface area contributed by atoms with Gasteiger partial charge in [0, 0.05) is 24.6 Å². The molecule has 0 aliphatic heterocycles. The minimum atomic E-state index is -3.66. The second kappa shape index (κ2) is 5.92. The molecule has 120 valence electrons. The maximum absolute atomic E-state index is 11.4. The largest absolute Gasteiger partial charge is 0.439 e. The fourth-order valence-corrected chi connectivity index (χ4v) is 2.06. The van der Waals surface area contributed by atoms with Crippen molar-refractivity contribution >= 4 is 21.2 Å². The molecular formula is C11H8N4O7S. The quantitative estimate of drug-likeness (QED) is 0.447. The predicted octanol–water partition coefficient (Wildman–Crippen LogP) is 1.49. The average molecular weight is 340 g/mol. The highest BCUT2D eigenvalue weighted by Gasteiger charge is 2.25. The van der Waals surface area contributed by atoms with Crippen molar-refractivity contribution in [3.63, 3.8) is 0 Å². The SMILES string of the molecule is CS(=O)(=O)c1nccc(Oc2ccc([N+](=O)[O-])c([N+](=O)[O-])c2)n1. The second-order valence-electron chi connectivity index (χ2n) is 4.22. The van der Waals surface area contributed by atoms with Crippen LogP contribution < -0.4 is 4.74 Å². The van der Waals surface area contributed by atoms with Gasteiger partial charge in [-0.05, 0) is 6.07 Å². The first-order valence-electron chi connectivity index (χ1n) is 5.82. The van der Waals surface area contributed by atoms with Crippen molar-refractivity contribution < 1.29 is 23.0 Å². The number of rotatable bonds is 5. The number of sulfone groups is 1. The number of nitro benzene ring substituents is 2. The molecule has 0 saturated carbocycles. The number of hydrogen-bond acceptors (Lipinski definition) is 9. The van der Waals surface area contributed by atoms with Crippen LogP contribution in [0.2, 0.25) is 0 Å². The van der Waals surface area contributed by atoms with Crippen LogP contribution in [-0.2, 0) is 9.84 Å². The molecule has 1 heterocycles. The zero-order valence-electron chi connectivity index (χ0n) is 11.4. The highest BCUT2D eigenvalue weighted by Crippen LogP contribution is 2.32. The Bertz CT molecular complexity index is 897. The lowest BCUT2D eigenvalue weighted by Crippen LogP contribution is -2.04. The summed E-state index contributed by atoms with van der Waals surface area (Å²) >= 11 is 0. The van der Waals surface area contributed by atoms with E-state index in [9.17, 15) is 28.6 Å². The van der Waals surface area contributed by atoms with E-state index < -0.39 is 36.2 Å². The van der Waals surface area contributed by atoms with Gasteiger partial charge in [0.15, 0.2) is 0 Å².